The highest BCUT2D eigenvalue weighted by Gasteiger charge is 2.16. The number of nitrogen functional groups attached to an aromatic ring is 1. The summed E-state index contributed by atoms with van der Waals surface area (Å²) >= 11 is 0. The molecule has 9 nitrogen and oxygen atoms in total. The molecule has 0 fully saturated rings. The van der Waals surface area contributed by atoms with Crippen molar-refractivity contribution in [2.75, 3.05) is 26.0 Å². The van der Waals surface area contributed by atoms with Gasteiger partial charge in [0.25, 0.3) is 11.6 Å². The maximum Gasteiger partial charge on any atom is 0.340 e. The van der Waals surface area contributed by atoms with Crippen LogP contribution in [0.2, 0.25) is 0 Å². The van der Waals surface area contributed by atoms with Crippen LogP contribution in [0, 0.1) is 10.1 Å². The van der Waals surface area contributed by atoms with Crippen molar-refractivity contribution >= 4 is 23.3 Å². The number of methoxy groups -OCH3 is 1. The van der Waals surface area contributed by atoms with E-state index in [1.54, 1.807) is 7.11 Å². The van der Waals surface area contributed by atoms with Crippen LogP contribution < -0.4 is 15.8 Å². The fourth-order valence-electron chi connectivity index (χ4n) is 2.36. The smallest absolute Gasteiger partial charge is 0.340 e. The Kier molecular flexibility index (Phi) is 6.70. The van der Waals surface area contributed by atoms with Gasteiger partial charge in [0.2, 0.25) is 0 Å². The van der Waals surface area contributed by atoms with Crippen molar-refractivity contribution in [3.8, 4) is 5.75 Å². The number of benzene rings is 2. The van der Waals surface area contributed by atoms with E-state index in [0.717, 1.165) is 23.4 Å². The molecule has 0 aliphatic carbocycles. The number of nitrogens with zero attached hydrogens (tertiary/aromatic N) is 1. The number of ether oxygens (including phenoxy) is 2. The molecule has 27 heavy (non-hydrogen) atoms. The molecule has 3 N–H and O–H groups in total. The third kappa shape index (κ3) is 5.43. The Balaban J connectivity index is 1.81. The largest absolute Gasteiger partial charge is 0.496 e. The van der Waals surface area contributed by atoms with Crippen LogP contribution in [0.25, 0.3) is 0 Å². The molecule has 0 heterocycles. The normalized spacial score (nSPS) is 10.1. The van der Waals surface area contributed by atoms with E-state index in [-0.39, 0.29) is 16.9 Å². The molecule has 0 saturated carbocycles. The average molecular weight is 373 g/mol. The molecule has 2 aromatic rings. The summed E-state index contributed by atoms with van der Waals surface area (Å²) in [6.45, 7) is -0.141. The molecule has 0 aliphatic heterocycles. The summed E-state index contributed by atoms with van der Waals surface area (Å²) in [5.74, 6) is -0.576. The number of esters is 1. The molecule has 0 aromatic heterocycles. The molecule has 0 bridgehead atoms. The van der Waals surface area contributed by atoms with Gasteiger partial charge in [-0.25, -0.2) is 4.79 Å². The number of hydrogen-bond acceptors (Lipinski definition) is 7. The second-order valence-electron chi connectivity index (χ2n) is 5.52. The Bertz CT molecular complexity index is 853. The molecular weight excluding hydrogens is 354 g/mol. The first-order valence-electron chi connectivity index (χ1n) is 8.02. The van der Waals surface area contributed by atoms with E-state index < -0.39 is 23.4 Å². The van der Waals surface area contributed by atoms with E-state index >= 15 is 0 Å². The van der Waals surface area contributed by atoms with E-state index in [4.69, 9.17) is 15.2 Å². The Morgan fingerprint density at radius 3 is 2.63 bits per heavy atom. The number of nitro groups is 1. The van der Waals surface area contributed by atoms with Gasteiger partial charge in [-0.1, -0.05) is 18.2 Å². The zero-order valence-electron chi connectivity index (χ0n) is 14.6. The molecule has 9 heteroatoms. The first-order chi connectivity index (χ1) is 12.9. The zero-order chi connectivity index (χ0) is 19.8. The number of carbonyl (C=O) groups is 2. The van der Waals surface area contributed by atoms with Crippen molar-refractivity contribution in [1.82, 2.24) is 5.32 Å². The van der Waals surface area contributed by atoms with Gasteiger partial charge in [0, 0.05) is 18.7 Å². The van der Waals surface area contributed by atoms with Crippen LogP contribution in [-0.4, -0.2) is 37.1 Å². The number of para-hydroxylation sites is 1. The predicted octanol–water partition coefficient (Wildman–Crippen LogP) is 1.70. The number of non-ortho nitro benzene ring substituents is 1. The molecule has 2 rings (SSSR count). The standard InChI is InChI=1S/C18H19N3O6/c1-26-16-5-3-2-4-12(16)8-9-20-17(22)11-27-18(23)14-7-6-13(21(24)25)10-15(14)19/h2-7,10H,8-9,11,19H2,1H3,(H,20,22). The van der Waals surface area contributed by atoms with Crippen LogP contribution in [0.1, 0.15) is 15.9 Å². The Morgan fingerprint density at radius 2 is 1.96 bits per heavy atom. The van der Waals surface area contributed by atoms with Gasteiger partial charge in [-0.05, 0) is 24.1 Å². The van der Waals surface area contributed by atoms with Gasteiger partial charge in [-0.3, -0.25) is 14.9 Å². The number of rotatable bonds is 8. The Labute approximate surface area is 155 Å². The van der Waals surface area contributed by atoms with E-state index in [1.165, 1.54) is 6.07 Å². The SMILES string of the molecule is COc1ccccc1CCNC(=O)COC(=O)c1ccc([N+](=O)[O-])cc1N. The molecule has 2 aromatic carbocycles. The summed E-state index contributed by atoms with van der Waals surface area (Å²) in [5, 5.41) is 13.3. The highest BCUT2D eigenvalue weighted by Crippen LogP contribution is 2.20. The van der Waals surface area contributed by atoms with Gasteiger partial charge in [0.05, 0.1) is 23.3 Å². The Hall–Kier alpha value is -3.62. The minimum Gasteiger partial charge on any atom is -0.496 e. The number of nitro benzene ring substituents is 1. The molecule has 0 radical (unpaired) electrons. The second kappa shape index (κ2) is 9.18. The molecule has 0 aliphatic rings. The molecule has 0 saturated heterocycles. The van der Waals surface area contributed by atoms with Gasteiger partial charge >= 0.3 is 5.97 Å². The third-order valence-corrected chi connectivity index (χ3v) is 3.71. The second-order valence-corrected chi connectivity index (χ2v) is 5.52. The number of hydrogen-bond donors (Lipinski definition) is 2. The highest BCUT2D eigenvalue weighted by molar-refractivity contribution is 5.96. The quantitative estimate of drug-likeness (QED) is 0.311. The van der Waals surface area contributed by atoms with Crippen molar-refractivity contribution < 1.29 is 24.0 Å². The summed E-state index contributed by atoms with van der Waals surface area (Å²) in [4.78, 5) is 33.8. The van der Waals surface area contributed by atoms with Gasteiger partial charge < -0.3 is 20.5 Å². The average Bonchev–Trinajstić information content (AvgIpc) is 2.66. The molecule has 142 valence electrons. The van der Waals surface area contributed by atoms with Crippen LogP contribution in [0.4, 0.5) is 11.4 Å². The number of nitrogens with one attached hydrogen (secondary N) is 1. The summed E-state index contributed by atoms with van der Waals surface area (Å²) in [7, 11) is 1.57. The number of anilines is 1. The lowest BCUT2D eigenvalue weighted by Gasteiger charge is -2.10. The third-order valence-electron chi connectivity index (χ3n) is 3.71. The van der Waals surface area contributed by atoms with Crippen LogP contribution in [-0.2, 0) is 16.0 Å². The zero-order valence-corrected chi connectivity index (χ0v) is 14.6. The van der Waals surface area contributed by atoms with Crippen molar-refractivity contribution in [3.05, 3.63) is 63.7 Å². The fourth-order valence-corrected chi connectivity index (χ4v) is 2.36. The lowest BCUT2D eigenvalue weighted by Crippen LogP contribution is -2.30. The maximum atomic E-state index is 12.0. The number of carbonyl (C=O) groups excluding carboxylic acids is 2. The van der Waals surface area contributed by atoms with Crippen molar-refractivity contribution in [1.29, 1.82) is 0 Å². The molecular formula is C18H19N3O6. The molecule has 0 spiro atoms. The van der Waals surface area contributed by atoms with Crippen LogP contribution in [0.5, 0.6) is 5.75 Å². The minimum atomic E-state index is -0.831. The first kappa shape index (κ1) is 19.7. The van der Waals surface area contributed by atoms with Gasteiger partial charge in [0.15, 0.2) is 6.61 Å². The summed E-state index contributed by atoms with van der Waals surface area (Å²) in [6.07, 6.45) is 0.555. The monoisotopic (exact) mass is 373 g/mol. The van der Waals surface area contributed by atoms with Crippen LogP contribution in [0.3, 0.4) is 0 Å². The van der Waals surface area contributed by atoms with Gasteiger partial charge in [-0.2, -0.15) is 0 Å². The topological polar surface area (TPSA) is 134 Å². The van der Waals surface area contributed by atoms with Crippen molar-refractivity contribution in [2.45, 2.75) is 6.42 Å². The van der Waals surface area contributed by atoms with Gasteiger partial charge in [-0.15, -0.1) is 0 Å². The van der Waals surface area contributed by atoms with E-state index in [1.807, 2.05) is 24.3 Å². The lowest BCUT2D eigenvalue weighted by atomic mass is 10.1. The van der Waals surface area contributed by atoms with Crippen molar-refractivity contribution in [3.63, 3.8) is 0 Å². The molecule has 0 unspecified atom stereocenters. The van der Waals surface area contributed by atoms with E-state index in [9.17, 15) is 19.7 Å². The lowest BCUT2D eigenvalue weighted by molar-refractivity contribution is -0.384. The Morgan fingerprint density at radius 1 is 1.22 bits per heavy atom. The maximum absolute atomic E-state index is 12.0. The van der Waals surface area contributed by atoms with Crippen LogP contribution >= 0.6 is 0 Å². The fraction of sp³-hybridized carbons (Fsp3) is 0.222. The summed E-state index contributed by atoms with van der Waals surface area (Å²) in [5.41, 5.74) is 6.19. The predicted molar refractivity (Wildman–Crippen MR) is 97.5 cm³/mol. The van der Waals surface area contributed by atoms with E-state index in [0.29, 0.717) is 13.0 Å². The minimum absolute atomic E-state index is 0.0394. The first-order valence-corrected chi connectivity index (χ1v) is 8.02. The summed E-state index contributed by atoms with van der Waals surface area (Å²) in [6, 6.07) is 10.8. The number of amides is 1. The molecule has 1 amide bonds. The van der Waals surface area contributed by atoms with Crippen LogP contribution in [0.15, 0.2) is 42.5 Å². The van der Waals surface area contributed by atoms with Crippen molar-refractivity contribution in [2.24, 2.45) is 0 Å². The van der Waals surface area contributed by atoms with E-state index in [2.05, 4.69) is 5.32 Å². The van der Waals surface area contributed by atoms with Gasteiger partial charge in [0.1, 0.15) is 5.75 Å². The summed E-state index contributed by atoms with van der Waals surface area (Å²) < 4.78 is 10.1. The number of nitrogens with two attached hydrogens (primary N) is 1. The highest BCUT2D eigenvalue weighted by atomic mass is 16.6. The molecule has 0 atom stereocenters.